The Kier molecular flexibility index (Phi) is 27.9. The SMILES string of the molecule is CCCC(=O)CC(=O)[O-].CCCC(=O)CC(=O)[O-].CCCC(=O)CC(=O)[O-].[Ti+2]. The van der Waals surface area contributed by atoms with Crippen LogP contribution in [0.15, 0.2) is 0 Å². The molecular formula is C18H27O9Ti-. The van der Waals surface area contributed by atoms with E-state index in [1.54, 1.807) is 0 Å². The molecule has 28 heavy (non-hydrogen) atoms. The molecule has 0 saturated heterocycles. The fraction of sp³-hybridized carbons (Fsp3) is 0.667. The third-order valence-electron chi connectivity index (χ3n) is 2.61. The number of aliphatic carboxylic acids is 3. The van der Waals surface area contributed by atoms with Gasteiger partial charge in [-0.15, -0.1) is 0 Å². The second kappa shape index (κ2) is 23.2. The van der Waals surface area contributed by atoms with Crippen molar-refractivity contribution in [2.45, 2.75) is 78.6 Å². The van der Waals surface area contributed by atoms with E-state index in [4.69, 9.17) is 0 Å². The van der Waals surface area contributed by atoms with Crippen molar-refractivity contribution in [1.29, 1.82) is 0 Å². The number of carbonyl (C=O) groups excluding carboxylic acids is 6. The van der Waals surface area contributed by atoms with Gasteiger partial charge in [0.05, 0.1) is 0 Å². The summed E-state index contributed by atoms with van der Waals surface area (Å²) in [4.78, 5) is 60.6. The van der Waals surface area contributed by atoms with Crippen LogP contribution >= 0.6 is 0 Å². The van der Waals surface area contributed by atoms with Gasteiger partial charge in [0.1, 0.15) is 17.3 Å². The normalized spacial score (nSPS) is 8.68. The molecule has 0 radical (unpaired) electrons. The smallest absolute Gasteiger partial charge is 0.550 e. The predicted octanol–water partition coefficient (Wildman–Crippen LogP) is -1.52. The van der Waals surface area contributed by atoms with Gasteiger partial charge in [0, 0.05) is 56.4 Å². The molecule has 0 amide bonds. The minimum atomic E-state index is -1.28. The van der Waals surface area contributed by atoms with Crippen LogP contribution in [-0.4, -0.2) is 35.3 Å². The summed E-state index contributed by atoms with van der Waals surface area (Å²) in [6, 6.07) is 0. The third-order valence-corrected chi connectivity index (χ3v) is 2.61. The Labute approximate surface area is 179 Å². The first-order chi connectivity index (χ1) is 12.5. The number of carbonyl (C=O) groups is 6. The van der Waals surface area contributed by atoms with Crippen molar-refractivity contribution in [3.05, 3.63) is 0 Å². The van der Waals surface area contributed by atoms with Crippen LogP contribution in [0.25, 0.3) is 0 Å². The van der Waals surface area contributed by atoms with Crippen molar-refractivity contribution in [2.75, 3.05) is 0 Å². The topological polar surface area (TPSA) is 172 Å². The average Bonchev–Trinajstić information content (AvgIpc) is 2.46. The van der Waals surface area contributed by atoms with Gasteiger partial charge in [-0.25, -0.2) is 0 Å². The third kappa shape index (κ3) is 35.3. The summed E-state index contributed by atoms with van der Waals surface area (Å²) in [5.74, 6) is -4.61. The van der Waals surface area contributed by atoms with Crippen LogP contribution in [0.3, 0.4) is 0 Å². The van der Waals surface area contributed by atoms with Gasteiger partial charge in [-0.1, -0.05) is 20.8 Å². The summed E-state index contributed by atoms with van der Waals surface area (Å²) in [6.07, 6.45) is 1.82. The molecule has 0 heterocycles. The van der Waals surface area contributed by atoms with E-state index in [0.717, 1.165) is 0 Å². The maximum absolute atomic E-state index is 10.4. The number of hydrogen-bond acceptors (Lipinski definition) is 9. The van der Waals surface area contributed by atoms with Gasteiger partial charge in [-0.05, 0) is 19.3 Å². The second-order valence-corrected chi connectivity index (χ2v) is 5.51. The molecule has 0 aliphatic heterocycles. The standard InChI is InChI=1S/3C6H10O3.Ti/c3*1-2-3-5(7)4-6(8)9;/h3*2-4H2,1H3,(H,8,9);/q;;;+2/p-3. The van der Waals surface area contributed by atoms with Crippen molar-refractivity contribution in [3.8, 4) is 0 Å². The quantitative estimate of drug-likeness (QED) is 0.261. The van der Waals surface area contributed by atoms with Gasteiger partial charge in [-0.3, -0.25) is 14.4 Å². The Hall–Kier alpha value is -1.87. The second-order valence-electron chi connectivity index (χ2n) is 5.51. The largest absolute Gasteiger partial charge is 2.00 e. The Balaban J connectivity index is -0.000000152. The molecule has 0 atom stereocenters. The molecule has 0 aliphatic carbocycles. The summed E-state index contributed by atoms with van der Waals surface area (Å²) < 4.78 is 0. The molecule has 0 aromatic rings. The maximum Gasteiger partial charge on any atom is 2.00 e. The van der Waals surface area contributed by atoms with Crippen molar-refractivity contribution in [1.82, 2.24) is 0 Å². The van der Waals surface area contributed by atoms with E-state index >= 15 is 0 Å². The van der Waals surface area contributed by atoms with E-state index in [0.29, 0.717) is 38.5 Å². The van der Waals surface area contributed by atoms with Crippen LogP contribution < -0.4 is 15.3 Å². The molecule has 0 fully saturated rings. The Morgan fingerprint density at radius 2 is 0.679 bits per heavy atom. The molecule has 0 unspecified atom stereocenters. The van der Waals surface area contributed by atoms with Crippen LogP contribution in [0.5, 0.6) is 0 Å². The zero-order valence-corrected chi connectivity index (χ0v) is 18.1. The van der Waals surface area contributed by atoms with E-state index in [1.165, 1.54) is 0 Å². The maximum atomic E-state index is 10.4. The molecule has 10 heteroatoms. The van der Waals surface area contributed by atoms with Gasteiger partial charge >= 0.3 is 21.7 Å². The number of hydrogen-bond donors (Lipinski definition) is 0. The van der Waals surface area contributed by atoms with Gasteiger partial charge < -0.3 is 29.7 Å². The predicted molar refractivity (Wildman–Crippen MR) is 88.6 cm³/mol. The molecule has 0 rings (SSSR count). The van der Waals surface area contributed by atoms with E-state index < -0.39 is 37.2 Å². The molecule has 158 valence electrons. The van der Waals surface area contributed by atoms with Crippen LogP contribution in [0.1, 0.15) is 78.6 Å². The van der Waals surface area contributed by atoms with E-state index in [9.17, 15) is 44.1 Å². The van der Waals surface area contributed by atoms with Crippen molar-refractivity contribution in [3.63, 3.8) is 0 Å². The molecule has 0 aliphatic rings. The van der Waals surface area contributed by atoms with E-state index in [1.807, 2.05) is 20.8 Å². The zero-order valence-electron chi connectivity index (χ0n) is 16.5. The summed E-state index contributed by atoms with van der Waals surface area (Å²) >= 11 is 0. The van der Waals surface area contributed by atoms with Gasteiger partial charge in [-0.2, -0.15) is 0 Å². The Morgan fingerprint density at radius 1 is 0.500 bits per heavy atom. The number of carboxylic acid groups (broad SMARTS) is 3. The van der Waals surface area contributed by atoms with Gasteiger partial charge in [0.25, 0.3) is 0 Å². The summed E-state index contributed by atoms with van der Waals surface area (Å²) in [5, 5.41) is 29.3. The van der Waals surface area contributed by atoms with Crippen molar-refractivity contribution in [2.24, 2.45) is 0 Å². The molecule has 9 nitrogen and oxygen atoms in total. The number of rotatable bonds is 12. The molecule has 0 aromatic carbocycles. The first kappa shape index (κ1) is 33.7. The molecule has 0 saturated carbocycles. The fourth-order valence-corrected chi connectivity index (χ4v) is 1.58. The minimum absolute atomic E-state index is 0. The average molecular weight is 435 g/mol. The number of ketones is 3. The van der Waals surface area contributed by atoms with Crippen molar-refractivity contribution >= 4 is 35.3 Å². The first-order valence-corrected chi connectivity index (χ1v) is 8.64. The van der Waals surface area contributed by atoms with Crippen LogP contribution in [0.4, 0.5) is 0 Å². The molecule has 0 bridgehead atoms. The minimum Gasteiger partial charge on any atom is -0.550 e. The monoisotopic (exact) mass is 435 g/mol. The van der Waals surface area contributed by atoms with Crippen LogP contribution in [0, 0.1) is 0 Å². The summed E-state index contributed by atoms with van der Waals surface area (Å²) in [7, 11) is 0. The van der Waals surface area contributed by atoms with Gasteiger partial charge in [0.2, 0.25) is 0 Å². The van der Waals surface area contributed by atoms with Gasteiger partial charge in [0.15, 0.2) is 0 Å². The number of carboxylic acids is 3. The first-order valence-electron chi connectivity index (χ1n) is 8.64. The molecular weight excluding hydrogens is 408 g/mol. The van der Waals surface area contributed by atoms with Crippen LogP contribution in [-0.2, 0) is 50.5 Å². The molecule has 0 spiro atoms. The summed E-state index contributed by atoms with van der Waals surface area (Å²) in [5.41, 5.74) is 0. The number of Topliss-reactive ketones (excluding diaryl/α,β-unsaturated/α-hetero) is 3. The van der Waals surface area contributed by atoms with E-state index in [-0.39, 0.29) is 39.1 Å². The fourth-order valence-electron chi connectivity index (χ4n) is 1.58. The van der Waals surface area contributed by atoms with E-state index in [2.05, 4.69) is 0 Å². The Morgan fingerprint density at radius 3 is 0.786 bits per heavy atom. The Bertz CT molecular complexity index is 430. The summed E-state index contributed by atoms with van der Waals surface area (Å²) in [6.45, 7) is 5.48. The molecule has 0 N–H and O–H groups in total. The van der Waals surface area contributed by atoms with Crippen LogP contribution in [0.2, 0.25) is 0 Å². The zero-order chi connectivity index (χ0) is 21.8. The molecule has 0 aromatic heterocycles. The van der Waals surface area contributed by atoms with Crippen molar-refractivity contribution < 1.29 is 65.8 Å².